The lowest BCUT2D eigenvalue weighted by Crippen LogP contribution is -2.48. The van der Waals surface area contributed by atoms with Gasteiger partial charge in [-0.1, -0.05) is 97.1 Å². The fourth-order valence-electron chi connectivity index (χ4n) is 4.09. The molecule has 4 rings (SSSR count). The van der Waals surface area contributed by atoms with E-state index in [9.17, 15) is 21.6 Å². The Kier molecular flexibility index (Phi) is 7.19. The van der Waals surface area contributed by atoms with Crippen LogP contribution in [0.1, 0.15) is 28.3 Å². The average molecular weight is 523 g/mol. The van der Waals surface area contributed by atoms with Gasteiger partial charge < -0.3 is 0 Å². The molecule has 0 saturated carbocycles. The second-order valence-corrected chi connectivity index (χ2v) is 12.6. The highest BCUT2D eigenvalue weighted by Crippen LogP contribution is 2.48. The third-order valence-corrected chi connectivity index (χ3v) is 11.1. The van der Waals surface area contributed by atoms with E-state index in [4.69, 9.17) is 0 Å². The number of carbonyl (C=O) groups excluding carboxylic acids is 1. The predicted octanol–water partition coefficient (Wildman–Crippen LogP) is 5.61. The van der Waals surface area contributed by atoms with Gasteiger partial charge in [0.1, 0.15) is 0 Å². The van der Waals surface area contributed by atoms with E-state index in [1.807, 2.05) is 0 Å². The number of Topliss-reactive ketones (excluding diaryl/α,β-unsaturated/α-hetero) is 1. The van der Waals surface area contributed by atoms with Crippen molar-refractivity contribution >= 4 is 25.5 Å². The van der Waals surface area contributed by atoms with Crippen molar-refractivity contribution in [2.75, 3.05) is 0 Å². The molecule has 0 spiro atoms. The van der Waals surface area contributed by atoms with Gasteiger partial charge in [-0.25, -0.2) is 21.2 Å². The smallest absolute Gasteiger partial charge is 0.294 e. The van der Waals surface area contributed by atoms with Crippen LogP contribution in [0.2, 0.25) is 0 Å². The number of rotatable bonds is 9. The van der Waals surface area contributed by atoms with Gasteiger partial charge in [0.15, 0.2) is 5.78 Å². The van der Waals surface area contributed by atoms with Crippen LogP contribution in [0.25, 0.3) is 0 Å². The van der Waals surface area contributed by atoms with Gasteiger partial charge in [-0.05, 0) is 29.8 Å². The minimum atomic E-state index is -5.19. The van der Waals surface area contributed by atoms with Crippen LogP contribution < -0.4 is 0 Å². The third kappa shape index (κ3) is 4.50. The highest BCUT2D eigenvalue weighted by atomic mass is 32.3. The van der Waals surface area contributed by atoms with Crippen molar-refractivity contribution in [2.24, 2.45) is 0 Å². The van der Waals surface area contributed by atoms with Gasteiger partial charge in [0.2, 0.25) is 19.7 Å². The third-order valence-electron chi connectivity index (χ3n) is 5.94. The first-order chi connectivity index (χ1) is 17.2. The van der Waals surface area contributed by atoms with Crippen molar-refractivity contribution < 1.29 is 26.0 Å². The molecule has 0 bridgehead atoms. The van der Waals surface area contributed by atoms with Crippen LogP contribution >= 0.6 is 0 Å². The second-order valence-electron chi connectivity index (χ2n) is 8.17. The van der Waals surface area contributed by atoms with Crippen LogP contribution in [-0.2, 0) is 19.7 Å². The van der Waals surface area contributed by atoms with E-state index in [1.165, 1.54) is 60.7 Å². The number of carbonyl (C=O) groups is 1. The second kappa shape index (κ2) is 10.2. The summed E-state index contributed by atoms with van der Waals surface area (Å²) in [5, 5.41) is 0. The molecule has 0 unspecified atom stereocenters. The van der Waals surface area contributed by atoms with E-state index in [0.29, 0.717) is 0 Å². The molecule has 0 N–H and O–H groups in total. The molecule has 36 heavy (non-hydrogen) atoms. The number of sulfone groups is 2. The summed E-state index contributed by atoms with van der Waals surface area (Å²) in [6.07, 6.45) is -0.692. The van der Waals surface area contributed by atoms with E-state index in [-0.39, 0.29) is 11.1 Å². The molecule has 5 nitrogen and oxygen atoms in total. The van der Waals surface area contributed by atoms with E-state index < -0.39 is 51.9 Å². The molecule has 8 heteroatoms. The van der Waals surface area contributed by atoms with Gasteiger partial charge in [-0.3, -0.25) is 4.79 Å². The lowest BCUT2D eigenvalue weighted by molar-refractivity contribution is 0.0960. The monoisotopic (exact) mass is 522 g/mol. The van der Waals surface area contributed by atoms with Gasteiger partial charge in [0.05, 0.1) is 15.7 Å². The summed E-state index contributed by atoms with van der Waals surface area (Å²) in [5.41, 5.74) is 0.290. The Bertz CT molecular complexity index is 1470. The largest absolute Gasteiger partial charge is 0.324 e. The molecule has 0 fully saturated rings. The van der Waals surface area contributed by atoms with Crippen LogP contribution in [0, 0.1) is 0 Å². The molecule has 4 aromatic carbocycles. The van der Waals surface area contributed by atoms with Gasteiger partial charge in [0, 0.05) is 12.0 Å². The summed E-state index contributed by atoms with van der Waals surface area (Å²) < 4.78 is 69.5. The zero-order valence-corrected chi connectivity index (χ0v) is 20.7. The lowest BCUT2D eigenvalue weighted by atomic mass is 9.92. The summed E-state index contributed by atoms with van der Waals surface area (Å²) in [7, 11) is -10.4. The summed E-state index contributed by atoms with van der Waals surface area (Å²) in [6, 6.07) is 28.7. The van der Waals surface area contributed by atoms with Crippen LogP contribution in [0.15, 0.2) is 131 Å². The number of hydrogen-bond donors (Lipinski definition) is 0. The number of alkyl halides is 1. The Balaban J connectivity index is 2.01. The predicted molar refractivity (Wildman–Crippen MR) is 136 cm³/mol. The maximum atomic E-state index is 17.6. The molecule has 184 valence electrons. The normalized spacial score (nSPS) is 13.1. The first-order valence-corrected chi connectivity index (χ1v) is 14.1. The molecule has 0 aliphatic heterocycles. The lowest BCUT2D eigenvalue weighted by Gasteiger charge is -2.33. The Labute approximate surface area is 210 Å². The fraction of sp³-hybridized carbons (Fsp3) is 0.107. The van der Waals surface area contributed by atoms with Crippen molar-refractivity contribution in [1.82, 2.24) is 0 Å². The zero-order chi connectivity index (χ0) is 25.8. The van der Waals surface area contributed by atoms with E-state index >= 15 is 4.39 Å². The quantitative estimate of drug-likeness (QED) is 0.267. The molecule has 0 saturated heterocycles. The van der Waals surface area contributed by atoms with Crippen molar-refractivity contribution in [3.63, 3.8) is 0 Å². The molecule has 0 aliphatic rings. The first-order valence-electron chi connectivity index (χ1n) is 11.1. The topological polar surface area (TPSA) is 85.3 Å². The number of ketones is 1. The van der Waals surface area contributed by atoms with Crippen LogP contribution in [0.5, 0.6) is 0 Å². The number of hydrogen-bond acceptors (Lipinski definition) is 5. The molecule has 0 aromatic heterocycles. The summed E-state index contributed by atoms with van der Waals surface area (Å²) in [4.78, 5) is 12.2. The minimum Gasteiger partial charge on any atom is -0.294 e. The molecular weight excluding hydrogens is 499 g/mol. The average Bonchev–Trinajstić information content (AvgIpc) is 2.93. The Hall–Kier alpha value is -3.62. The fourth-order valence-corrected chi connectivity index (χ4v) is 8.69. The van der Waals surface area contributed by atoms with Crippen LogP contribution in [0.3, 0.4) is 0 Å². The molecule has 4 aromatic rings. The SMILES string of the molecule is O=C(C[C@H](c1ccccc1)C(F)(S(=O)(=O)c1ccccc1)S(=O)(=O)c1ccccc1)c1ccccc1. The summed E-state index contributed by atoms with van der Waals surface area (Å²) >= 11 is 0. The molecule has 0 amide bonds. The molecular formula is C28H23FO5S2. The Morgan fingerprint density at radius 2 is 0.972 bits per heavy atom. The van der Waals surface area contributed by atoms with Crippen LogP contribution in [-0.4, -0.2) is 27.0 Å². The number of halogens is 1. The minimum absolute atomic E-state index is 0.0725. The maximum Gasteiger partial charge on any atom is 0.324 e. The Morgan fingerprint density at radius 3 is 1.39 bits per heavy atom. The maximum absolute atomic E-state index is 17.6. The zero-order valence-electron chi connectivity index (χ0n) is 19.1. The van der Waals surface area contributed by atoms with Crippen LogP contribution in [0.4, 0.5) is 4.39 Å². The van der Waals surface area contributed by atoms with Gasteiger partial charge in [-0.2, -0.15) is 0 Å². The molecule has 1 atom stereocenters. The molecule has 0 heterocycles. The Morgan fingerprint density at radius 1 is 0.611 bits per heavy atom. The first kappa shape index (κ1) is 25.5. The summed E-state index contributed by atoms with van der Waals surface area (Å²) in [6.45, 7) is 0. The highest BCUT2D eigenvalue weighted by molar-refractivity contribution is 8.10. The van der Waals surface area contributed by atoms with Gasteiger partial charge in [-0.15, -0.1) is 0 Å². The van der Waals surface area contributed by atoms with Crippen molar-refractivity contribution in [3.8, 4) is 0 Å². The van der Waals surface area contributed by atoms with Gasteiger partial charge in [0.25, 0.3) is 0 Å². The van der Waals surface area contributed by atoms with E-state index in [1.54, 1.807) is 36.4 Å². The van der Waals surface area contributed by atoms with Crippen molar-refractivity contribution in [3.05, 3.63) is 132 Å². The van der Waals surface area contributed by atoms with E-state index in [2.05, 4.69) is 0 Å². The standard InChI is InChI=1S/C28H23FO5S2/c29-28(35(31,32)24-17-9-3-10-18-24,36(33,34)25-19-11-4-12-20-25)26(22-13-5-1-6-14-22)21-27(30)23-15-7-2-8-16-23/h1-20,26H,21H2/t26-/m1/s1. The summed E-state index contributed by atoms with van der Waals surface area (Å²) in [5.74, 6) is -2.44. The highest BCUT2D eigenvalue weighted by Gasteiger charge is 2.63. The molecule has 0 aliphatic carbocycles. The molecule has 0 radical (unpaired) electrons. The number of benzene rings is 4. The van der Waals surface area contributed by atoms with Crippen molar-refractivity contribution in [1.29, 1.82) is 0 Å². The van der Waals surface area contributed by atoms with Crippen molar-refractivity contribution in [2.45, 2.75) is 26.5 Å². The van der Waals surface area contributed by atoms with Gasteiger partial charge >= 0.3 is 4.33 Å². The van der Waals surface area contributed by atoms with E-state index in [0.717, 1.165) is 24.3 Å².